The number of rotatable bonds is 1. The van der Waals surface area contributed by atoms with E-state index in [1.54, 1.807) is 4.90 Å². The van der Waals surface area contributed by atoms with E-state index < -0.39 is 0 Å². The fourth-order valence-corrected chi connectivity index (χ4v) is 2.72. The number of amides is 1. The molecule has 1 aromatic rings. The van der Waals surface area contributed by atoms with Crippen LogP contribution >= 0.6 is 0 Å². The Kier molecular flexibility index (Phi) is 3.06. The molecule has 4 heteroatoms. The van der Waals surface area contributed by atoms with Crippen molar-refractivity contribution in [1.82, 2.24) is 10.2 Å². The summed E-state index contributed by atoms with van der Waals surface area (Å²) in [5, 5.41) is 12.8. The van der Waals surface area contributed by atoms with Crippen LogP contribution < -0.4 is 5.32 Å². The minimum atomic E-state index is -0.353. The van der Waals surface area contributed by atoms with Crippen molar-refractivity contribution in [2.75, 3.05) is 19.6 Å². The van der Waals surface area contributed by atoms with E-state index in [4.69, 9.17) is 0 Å². The first-order chi connectivity index (χ1) is 8.74. The first-order valence-electron chi connectivity index (χ1n) is 6.54. The minimum Gasteiger partial charge on any atom is -0.391 e. The van der Waals surface area contributed by atoms with Crippen molar-refractivity contribution < 1.29 is 9.90 Å². The normalized spacial score (nSPS) is 22.9. The summed E-state index contributed by atoms with van der Waals surface area (Å²) in [5.74, 6) is 0.0416. The van der Waals surface area contributed by atoms with Crippen LogP contribution in [0.2, 0.25) is 0 Å². The highest BCUT2D eigenvalue weighted by molar-refractivity contribution is 5.94. The van der Waals surface area contributed by atoms with Crippen molar-refractivity contribution >= 4 is 5.91 Å². The molecule has 2 N–H and O–H groups in total. The fourth-order valence-electron chi connectivity index (χ4n) is 2.72. The predicted octanol–water partition coefficient (Wildman–Crippen LogP) is 0.539. The molecular weight excluding hydrogens is 228 g/mol. The van der Waals surface area contributed by atoms with E-state index in [0.717, 1.165) is 25.1 Å². The summed E-state index contributed by atoms with van der Waals surface area (Å²) < 4.78 is 0. The Hall–Kier alpha value is -1.39. The SMILES string of the molecule is O=C(c1ccc2c(c1)CNCC2)N1CC[C@H](O)C1. The Bertz CT molecular complexity index is 473. The van der Waals surface area contributed by atoms with Crippen LogP contribution in [0.25, 0.3) is 0 Å². The zero-order valence-electron chi connectivity index (χ0n) is 10.4. The summed E-state index contributed by atoms with van der Waals surface area (Å²) in [6.07, 6.45) is 1.37. The molecular formula is C14H18N2O2. The van der Waals surface area contributed by atoms with E-state index in [1.165, 1.54) is 11.1 Å². The highest BCUT2D eigenvalue weighted by Gasteiger charge is 2.25. The van der Waals surface area contributed by atoms with Gasteiger partial charge in [-0.2, -0.15) is 0 Å². The maximum Gasteiger partial charge on any atom is 0.253 e. The van der Waals surface area contributed by atoms with Gasteiger partial charge in [0, 0.05) is 25.2 Å². The molecule has 18 heavy (non-hydrogen) atoms. The second kappa shape index (κ2) is 4.71. The second-order valence-electron chi connectivity index (χ2n) is 5.10. The molecule has 1 aromatic carbocycles. The topological polar surface area (TPSA) is 52.6 Å². The van der Waals surface area contributed by atoms with Crippen LogP contribution in [-0.4, -0.2) is 41.7 Å². The summed E-state index contributed by atoms with van der Waals surface area (Å²) in [6, 6.07) is 5.97. The number of carbonyl (C=O) groups is 1. The average molecular weight is 246 g/mol. The average Bonchev–Trinajstić information content (AvgIpc) is 2.84. The molecule has 0 bridgehead atoms. The number of nitrogens with one attached hydrogen (secondary N) is 1. The second-order valence-corrected chi connectivity index (χ2v) is 5.10. The Morgan fingerprint density at radius 2 is 2.28 bits per heavy atom. The van der Waals surface area contributed by atoms with E-state index in [-0.39, 0.29) is 12.0 Å². The highest BCUT2D eigenvalue weighted by atomic mass is 16.3. The van der Waals surface area contributed by atoms with Gasteiger partial charge in [0.15, 0.2) is 0 Å². The smallest absolute Gasteiger partial charge is 0.253 e. The van der Waals surface area contributed by atoms with E-state index in [1.807, 2.05) is 12.1 Å². The highest BCUT2D eigenvalue weighted by Crippen LogP contribution is 2.19. The lowest BCUT2D eigenvalue weighted by atomic mass is 9.98. The van der Waals surface area contributed by atoms with Crippen molar-refractivity contribution in [3.8, 4) is 0 Å². The van der Waals surface area contributed by atoms with Crippen LogP contribution in [0.1, 0.15) is 27.9 Å². The van der Waals surface area contributed by atoms with Gasteiger partial charge in [-0.25, -0.2) is 0 Å². The molecule has 0 aromatic heterocycles. The van der Waals surface area contributed by atoms with Gasteiger partial charge in [-0.05, 0) is 42.6 Å². The Morgan fingerprint density at radius 3 is 3.06 bits per heavy atom. The number of aliphatic hydroxyl groups is 1. The zero-order valence-corrected chi connectivity index (χ0v) is 10.4. The quantitative estimate of drug-likeness (QED) is 0.760. The molecule has 0 radical (unpaired) electrons. The molecule has 96 valence electrons. The number of hydrogen-bond donors (Lipinski definition) is 2. The first-order valence-corrected chi connectivity index (χ1v) is 6.54. The maximum atomic E-state index is 12.3. The summed E-state index contributed by atoms with van der Waals surface area (Å²) in [4.78, 5) is 14.0. The number of β-amino-alcohol motifs (C(OH)–C–C–N with tert-alkyl or cyclic N) is 1. The van der Waals surface area contributed by atoms with Gasteiger partial charge in [0.05, 0.1) is 6.10 Å². The van der Waals surface area contributed by atoms with Gasteiger partial charge in [-0.15, -0.1) is 0 Å². The van der Waals surface area contributed by atoms with Crippen LogP contribution in [0.15, 0.2) is 18.2 Å². The summed E-state index contributed by atoms with van der Waals surface area (Å²) in [7, 11) is 0. The summed E-state index contributed by atoms with van der Waals surface area (Å²) in [6.45, 7) is 2.99. The standard InChI is InChI=1S/C14H18N2O2/c17-13-4-6-16(9-13)14(18)11-2-1-10-3-5-15-8-12(10)7-11/h1-2,7,13,15,17H,3-6,8-9H2/t13-/m0/s1. The van der Waals surface area contributed by atoms with Gasteiger partial charge in [0.2, 0.25) is 0 Å². The van der Waals surface area contributed by atoms with Crippen LogP contribution in [0.3, 0.4) is 0 Å². The van der Waals surface area contributed by atoms with Gasteiger partial charge in [-0.3, -0.25) is 4.79 Å². The third kappa shape index (κ3) is 2.13. The molecule has 1 amide bonds. The van der Waals surface area contributed by atoms with Gasteiger partial charge >= 0.3 is 0 Å². The molecule has 0 aliphatic carbocycles. The third-order valence-electron chi connectivity index (χ3n) is 3.79. The Morgan fingerprint density at radius 1 is 1.39 bits per heavy atom. The van der Waals surface area contributed by atoms with Gasteiger partial charge in [0.1, 0.15) is 0 Å². The molecule has 1 saturated heterocycles. The number of carbonyl (C=O) groups excluding carboxylic acids is 1. The maximum absolute atomic E-state index is 12.3. The lowest BCUT2D eigenvalue weighted by Crippen LogP contribution is -2.30. The van der Waals surface area contributed by atoms with Crippen LogP contribution in [0, 0.1) is 0 Å². The molecule has 0 spiro atoms. The lowest BCUT2D eigenvalue weighted by molar-refractivity contribution is 0.0765. The molecule has 1 fully saturated rings. The monoisotopic (exact) mass is 246 g/mol. The van der Waals surface area contributed by atoms with Gasteiger partial charge < -0.3 is 15.3 Å². The van der Waals surface area contributed by atoms with Crippen molar-refractivity contribution in [2.24, 2.45) is 0 Å². The van der Waals surface area contributed by atoms with E-state index in [2.05, 4.69) is 11.4 Å². The van der Waals surface area contributed by atoms with Crippen LogP contribution in [0.5, 0.6) is 0 Å². The molecule has 2 aliphatic rings. The minimum absolute atomic E-state index is 0.0416. The summed E-state index contributed by atoms with van der Waals surface area (Å²) >= 11 is 0. The van der Waals surface area contributed by atoms with E-state index >= 15 is 0 Å². The number of aliphatic hydroxyl groups excluding tert-OH is 1. The van der Waals surface area contributed by atoms with Crippen molar-refractivity contribution in [1.29, 1.82) is 0 Å². The first kappa shape index (κ1) is 11.7. The number of fused-ring (bicyclic) bond motifs is 1. The van der Waals surface area contributed by atoms with Crippen molar-refractivity contribution in [2.45, 2.75) is 25.5 Å². The van der Waals surface area contributed by atoms with E-state index in [0.29, 0.717) is 19.5 Å². The van der Waals surface area contributed by atoms with Crippen molar-refractivity contribution in [3.63, 3.8) is 0 Å². The van der Waals surface area contributed by atoms with Crippen LogP contribution in [0.4, 0.5) is 0 Å². The Balaban J connectivity index is 1.81. The number of likely N-dealkylation sites (tertiary alicyclic amines) is 1. The fraction of sp³-hybridized carbons (Fsp3) is 0.500. The molecule has 0 saturated carbocycles. The molecule has 2 heterocycles. The van der Waals surface area contributed by atoms with E-state index in [9.17, 15) is 9.90 Å². The largest absolute Gasteiger partial charge is 0.391 e. The number of nitrogens with zero attached hydrogens (tertiary/aromatic N) is 1. The number of hydrogen-bond acceptors (Lipinski definition) is 3. The molecule has 4 nitrogen and oxygen atoms in total. The molecule has 0 unspecified atom stereocenters. The third-order valence-corrected chi connectivity index (χ3v) is 3.79. The van der Waals surface area contributed by atoms with Gasteiger partial charge in [0.25, 0.3) is 5.91 Å². The van der Waals surface area contributed by atoms with Crippen LogP contribution in [-0.2, 0) is 13.0 Å². The Labute approximate surface area is 107 Å². The predicted molar refractivity (Wildman–Crippen MR) is 68.4 cm³/mol. The molecule has 2 aliphatic heterocycles. The molecule has 3 rings (SSSR count). The zero-order chi connectivity index (χ0) is 12.5. The van der Waals surface area contributed by atoms with Crippen molar-refractivity contribution in [3.05, 3.63) is 34.9 Å². The van der Waals surface area contributed by atoms with Gasteiger partial charge in [-0.1, -0.05) is 6.07 Å². The molecule has 1 atom stereocenters. The number of benzene rings is 1. The lowest BCUT2D eigenvalue weighted by Gasteiger charge is -2.20. The summed E-state index contributed by atoms with van der Waals surface area (Å²) in [5.41, 5.74) is 3.31.